The van der Waals surface area contributed by atoms with Crippen molar-refractivity contribution < 1.29 is 14.2 Å². The van der Waals surface area contributed by atoms with Gasteiger partial charge >= 0.3 is 0 Å². The van der Waals surface area contributed by atoms with Gasteiger partial charge in [-0.25, -0.2) is 4.98 Å². The zero-order valence-corrected chi connectivity index (χ0v) is 12.5. The Bertz CT molecular complexity index is 835. The average Bonchev–Trinajstić information content (AvgIpc) is 2.95. The molecular formula is C16H10BrNO3. The summed E-state index contributed by atoms with van der Waals surface area (Å²) in [5, 5.41) is 1.88. The maximum absolute atomic E-state index is 5.93. The molecule has 0 radical (unpaired) electrons. The standard InChI is InChI=1S/C16H10BrNO3/c17-12-3-1-2-4-13(12)21-16-11-8-15-14(19-9-20-15)7-10(11)5-6-18-16/h1-8H,9H2. The molecule has 2 aromatic carbocycles. The molecule has 0 saturated heterocycles. The van der Waals surface area contributed by atoms with Crippen LogP contribution in [0.3, 0.4) is 0 Å². The molecule has 5 heteroatoms. The van der Waals surface area contributed by atoms with Crippen LogP contribution in [0.25, 0.3) is 10.8 Å². The zero-order chi connectivity index (χ0) is 14.2. The number of halogens is 1. The van der Waals surface area contributed by atoms with E-state index in [-0.39, 0.29) is 6.79 Å². The molecule has 1 aliphatic rings. The topological polar surface area (TPSA) is 40.6 Å². The molecule has 0 aliphatic carbocycles. The minimum absolute atomic E-state index is 0.250. The molecule has 0 N–H and O–H groups in total. The van der Waals surface area contributed by atoms with Crippen molar-refractivity contribution in [3.05, 3.63) is 53.1 Å². The van der Waals surface area contributed by atoms with Crippen LogP contribution >= 0.6 is 15.9 Å². The van der Waals surface area contributed by atoms with Gasteiger partial charge in [0.25, 0.3) is 0 Å². The highest BCUT2D eigenvalue weighted by atomic mass is 79.9. The third kappa shape index (κ3) is 2.19. The molecule has 1 aliphatic heterocycles. The minimum Gasteiger partial charge on any atom is -0.454 e. The normalized spacial score (nSPS) is 12.6. The quantitative estimate of drug-likeness (QED) is 0.685. The molecule has 0 saturated carbocycles. The van der Waals surface area contributed by atoms with E-state index in [1.807, 2.05) is 42.5 Å². The first-order valence-corrected chi connectivity index (χ1v) is 7.21. The van der Waals surface area contributed by atoms with Gasteiger partial charge in [-0.3, -0.25) is 0 Å². The number of rotatable bonds is 2. The van der Waals surface area contributed by atoms with Gasteiger partial charge in [0, 0.05) is 11.6 Å². The number of para-hydroxylation sites is 1. The van der Waals surface area contributed by atoms with Crippen LogP contribution in [0.4, 0.5) is 0 Å². The van der Waals surface area contributed by atoms with E-state index in [1.165, 1.54) is 0 Å². The first-order chi connectivity index (χ1) is 10.3. The van der Waals surface area contributed by atoms with Crippen molar-refractivity contribution in [3.63, 3.8) is 0 Å². The van der Waals surface area contributed by atoms with Crippen LogP contribution in [0, 0.1) is 0 Å². The number of nitrogens with zero attached hydrogens (tertiary/aromatic N) is 1. The van der Waals surface area contributed by atoms with Crippen molar-refractivity contribution in [2.24, 2.45) is 0 Å². The van der Waals surface area contributed by atoms with E-state index in [1.54, 1.807) is 6.20 Å². The van der Waals surface area contributed by atoms with Gasteiger partial charge in [-0.1, -0.05) is 12.1 Å². The highest BCUT2D eigenvalue weighted by Gasteiger charge is 2.17. The molecular weight excluding hydrogens is 334 g/mol. The zero-order valence-electron chi connectivity index (χ0n) is 10.9. The van der Waals surface area contributed by atoms with Gasteiger partial charge in [-0.15, -0.1) is 0 Å². The lowest BCUT2D eigenvalue weighted by Crippen LogP contribution is -1.92. The van der Waals surface area contributed by atoms with Crippen molar-refractivity contribution in [2.75, 3.05) is 6.79 Å². The highest BCUT2D eigenvalue weighted by Crippen LogP contribution is 2.39. The van der Waals surface area contributed by atoms with Crippen molar-refractivity contribution in [2.45, 2.75) is 0 Å². The Morgan fingerprint density at radius 1 is 1.05 bits per heavy atom. The first kappa shape index (κ1) is 12.5. The van der Waals surface area contributed by atoms with Crippen LogP contribution in [-0.4, -0.2) is 11.8 Å². The van der Waals surface area contributed by atoms with Crippen LogP contribution in [0.2, 0.25) is 0 Å². The smallest absolute Gasteiger partial charge is 0.231 e. The predicted octanol–water partition coefficient (Wildman–Crippen LogP) is 4.52. The molecule has 0 atom stereocenters. The summed E-state index contributed by atoms with van der Waals surface area (Å²) in [5.74, 6) is 2.72. The van der Waals surface area contributed by atoms with E-state index in [0.717, 1.165) is 26.7 Å². The van der Waals surface area contributed by atoms with Crippen LogP contribution in [-0.2, 0) is 0 Å². The summed E-state index contributed by atoms with van der Waals surface area (Å²) in [5.41, 5.74) is 0. The summed E-state index contributed by atoms with van der Waals surface area (Å²) in [6, 6.07) is 13.4. The van der Waals surface area contributed by atoms with E-state index in [9.17, 15) is 0 Å². The van der Waals surface area contributed by atoms with Crippen molar-refractivity contribution in [1.82, 2.24) is 4.98 Å². The fourth-order valence-corrected chi connectivity index (χ4v) is 2.61. The molecule has 4 rings (SSSR count). The molecule has 0 amide bonds. The molecule has 0 fully saturated rings. The number of benzene rings is 2. The molecule has 0 bridgehead atoms. The van der Waals surface area contributed by atoms with Crippen molar-refractivity contribution >= 4 is 26.7 Å². The fourth-order valence-electron chi connectivity index (χ4n) is 2.25. The average molecular weight is 344 g/mol. The fraction of sp³-hybridized carbons (Fsp3) is 0.0625. The maximum Gasteiger partial charge on any atom is 0.231 e. The second-order valence-electron chi connectivity index (χ2n) is 4.58. The predicted molar refractivity (Wildman–Crippen MR) is 82.1 cm³/mol. The summed E-state index contributed by atoms with van der Waals surface area (Å²) >= 11 is 3.47. The molecule has 21 heavy (non-hydrogen) atoms. The lowest BCUT2D eigenvalue weighted by Gasteiger charge is -2.09. The number of ether oxygens (including phenoxy) is 3. The summed E-state index contributed by atoms with van der Waals surface area (Å²) in [6.07, 6.45) is 1.72. The SMILES string of the molecule is Brc1ccccc1Oc1nccc2cc3c(cc12)OCO3. The monoisotopic (exact) mass is 343 g/mol. The highest BCUT2D eigenvalue weighted by molar-refractivity contribution is 9.10. The number of aromatic nitrogens is 1. The Balaban J connectivity index is 1.84. The minimum atomic E-state index is 0.250. The maximum atomic E-state index is 5.93. The van der Waals surface area contributed by atoms with Crippen LogP contribution < -0.4 is 14.2 Å². The molecule has 0 spiro atoms. The van der Waals surface area contributed by atoms with Gasteiger partial charge in [0.1, 0.15) is 5.75 Å². The Morgan fingerprint density at radius 2 is 1.86 bits per heavy atom. The summed E-state index contributed by atoms with van der Waals surface area (Å²) in [7, 11) is 0. The van der Waals surface area contributed by atoms with E-state index < -0.39 is 0 Å². The summed E-state index contributed by atoms with van der Waals surface area (Å²) in [4.78, 5) is 4.33. The van der Waals surface area contributed by atoms with Gasteiger partial charge in [-0.2, -0.15) is 0 Å². The second-order valence-corrected chi connectivity index (χ2v) is 5.43. The Labute approximate surface area is 129 Å². The summed E-state index contributed by atoms with van der Waals surface area (Å²) < 4.78 is 17.6. The van der Waals surface area contributed by atoms with Gasteiger partial charge in [0.05, 0.1) is 4.47 Å². The Kier molecular flexibility index (Phi) is 2.93. The Hall–Kier alpha value is -2.27. The lowest BCUT2D eigenvalue weighted by atomic mass is 10.1. The largest absolute Gasteiger partial charge is 0.454 e. The van der Waals surface area contributed by atoms with Gasteiger partial charge in [-0.05, 0) is 51.6 Å². The van der Waals surface area contributed by atoms with E-state index in [4.69, 9.17) is 14.2 Å². The lowest BCUT2D eigenvalue weighted by molar-refractivity contribution is 0.174. The van der Waals surface area contributed by atoms with Crippen molar-refractivity contribution in [1.29, 1.82) is 0 Å². The van der Waals surface area contributed by atoms with Crippen LogP contribution in [0.5, 0.6) is 23.1 Å². The van der Waals surface area contributed by atoms with Gasteiger partial charge < -0.3 is 14.2 Å². The third-order valence-electron chi connectivity index (χ3n) is 3.26. The Morgan fingerprint density at radius 3 is 2.71 bits per heavy atom. The van der Waals surface area contributed by atoms with Gasteiger partial charge in [0.2, 0.25) is 12.7 Å². The molecule has 1 aromatic heterocycles. The molecule has 4 nitrogen and oxygen atoms in total. The van der Waals surface area contributed by atoms with Crippen LogP contribution in [0.15, 0.2) is 53.1 Å². The van der Waals surface area contributed by atoms with Gasteiger partial charge in [0.15, 0.2) is 11.5 Å². The molecule has 104 valence electrons. The van der Waals surface area contributed by atoms with Crippen molar-refractivity contribution in [3.8, 4) is 23.1 Å². The van der Waals surface area contributed by atoms with E-state index >= 15 is 0 Å². The number of pyridine rings is 1. The third-order valence-corrected chi connectivity index (χ3v) is 3.92. The van der Waals surface area contributed by atoms with Crippen LogP contribution in [0.1, 0.15) is 0 Å². The first-order valence-electron chi connectivity index (χ1n) is 6.42. The van der Waals surface area contributed by atoms with E-state index in [0.29, 0.717) is 11.6 Å². The summed E-state index contributed by atoms with van der Waals surface area (Å²) in [6.45, 7) is 0.250. The number of fused-ring (bicyclic) bond motifs is 2. The molecule has 0 unspecified atom stereocenters. The molecule has 3 aromatic rings. The number of hydrogen-bond acceptors (Lipinski definition) is 4. The van der Waals surface area contributed by atoms with E-state index in [2.05, 4.69) is 20.9 Å². The number of hydrogen-bond donors (Lipinski definition) is 0. The second kappa shape index (κ2) is 4.93. The molecule has 2 heterocycles.